The SMILES string of the molecule is CNC(=O)CCCCCNC(=O)/C=C(C)/C=C/c1ccccc1. The van der Waals surface area contributed by atoms with Gasteiger partial charge < -0.3 is 10.6 Å². The molecule has 2 amide bonds. The first-order chi connectivity index (χ1) is 11.1. The molecule has 1 aromatic carbocycles. The van der Waals surface area contributed by atoms with Crippen LogP contribution in [0.15, 0.2) is 48.1 Å². The van der Waals surface area contributed by atoms with E-state index >= 15 is 0 Å². The first-order valence-electron chi connectivity index (χ1n) is 8.01. The van der Waals surface area contributed by atoms with Gasteiger partial charge in [0.25, 0.3) is 0 Å². The monoisotopic (exact) mass is 314 g/mol. The maximum atomic E-state index is 11.8. The summed E-state index contributed by atoms with van der Waals surface area (Å²) in [5.41, 5.74) is 2.02. The number of carbonyl (C=O) groups excluding carboxylic acids is 2. The summed E-state index contributed by atoms with van der Waals surface area (Å²) in [6, 6.07) is 9.97. The molecular formula is C19H26N2O2. The zero-order valence-corrected chi connectivity index (χ0v) is 14.0. The molecule has 23 heavy (non-hydrogen) atoms. The Hall–Kier alpha value is -2.36. The number of amides is 2. The van der Waals surface area contributed by atoms with Crippen LogP contribution in [-0.2, 0) is 9.59 Å². The van der Waals surface area contributed by atoms with Crippen molar-refractivity contribution in [1.29, 1.82) is 0 Å². The van der Waals surface area contributed by atoms with E-state index in [9.17, 15) is 9.59 Å². The predicted molar refractivity (Wildman–Crippen MR) is 94.8 cm³/mol. The second-order valence-electron chi connectivity index (χ2n) is 5.41. The van der Waals surface area contributed by atoms with Gasteiger partial charge in [0.1, 0.15) is 0 Å². The van der Waals surface area contributed by atoms with Crippen molar-refractivity contribution in [3.05, 3.63) is 53.6 Å². The van der Waals surface area contributed by atoms with Gasteiger partial charge in [0.2, 0.25) is 11.8 Å². The van der Waals surface area contributed by atoms with Crippen molar-refractivity contribution in [1.82, 2.24) is 10.6 Å². The van der Waals surface area contributed by atoms with Crippen LogP contribution in [0.2, 0.25) is 0 Å². The molecule has 0 atom stereocenters. The summed E-state index contributed by atoms with van der Waals surface area (Å²) in [7, 11) is 1.64. The number of unbranched alkanes of at least 4 members (excludes halogenated alkanes) is 2. The van der Waals surface area contributed by atoms with Crippen LogP contribution < -0.4 is 10.6 Å². The lowest BCUT2D eigenvalue weighted by Gasteiger charge is -2.03. The van der Waals surface area contributed by atoms with Gasteiger partial charge >= 0.3 is 0 Å². The molecule has 0 aliphatic carbocycles. The lowest BCUT2D eigenvalue weighted by atomic mass is 10.1. The van der Waals surface area contributed by atoms with E-state index in [2.05, 4.69) is 10.6 Å². The smallest absolute Gasteiger partial charge is 0.244 e. The summed E-state index contributed by atoms with van der Waals surface area (Å²) in [6.45, 7) is 2.54. The number of hydrogen-bond donors (Lipinski definition) is 2. The van der Waals surface area contributed by atoms with E-state index in [4.69, 9.17) is 0 Å². The Labute approximate surface area is 138 Å². The van der Waals surface area contributed by atoms with E-state index in [1.54, 1.807) is 13.1 Å². The Morgan fingerprint density at radius 3 is 2.52 bits per heavy atom. The van der Waals surface area contributed by atoms with E-state index in [-0.39, 0.29) is 11.8 Å². The minimum absolute atomic E-state index is 0.0674. The van der Waals surface area contributed by atoms with Gasteiger partial charge in [-0.25, -0.2) is 0 Å². The lowest BCUT2D eigenvalue weighted by molar-refractivity contribution is -0.120. The molecular weight excluding hydrogens is 288 g/mol. The molecule has 0 heterocycles. The Bertz CT molecular complexity index is 548. The van der Waals surface area contributed by atoms with Crippen molar-refractivity contribution in [2.75, 3.05) is 13.6 Å². The molecule has 0 aliphatic rings. The van der Waals surface area contributed by atoms with Crippen molar-refractivity contribution in [3.8, 4) is 0 Å². The third-order valence-corrected chi connectivity index (χ3v) is 3.36. The maximum absolute atomic E-state index is 11.8. The standard InChI is InChI=1S/C19H26N2O2/c1-16(12-13-17-9-5-3-6-10-17)15-19(23)21-14-8-4-7-11-18(22)20-2/h3,5-6,9-10,12-13,15H,4,7-8,11,14H2,1-2H3,(H,20,22)(H,21,23)/b13-12+,16-15+. The number of nitrogens with one attached hydrogen (secondary N) is 2. The molecule has 2 N–H and O–H groups in total. The molecule has 4 heteroatoms. The highest BCUT2D eigenvalue weighted by atomic mass is 16.2. The van der Waals surface area contributed by atoms with E-state index in [0.717, 1.165) is 30.4 Å². The Balaban J connectivity index is 2.21. The molecule has 124 valence electrons. The Morgan fingerprint density at radius 1 is 1.09 bits per heavy atom. The van der Waals surface area contributed by atoms with Crippen LogP contribution in [0, 0.1) is 0 Å². The quantitative estimate of drug-likeness (QED) is 0.418. The molecule has 1 rings (SSSR count). The fraction of sp³-hybridized carbons (Fsp3) is 0.368. The molecule has 1 aromatic rings. The first kappa shape index (κ1) is 18.7. The van der Waals surface area contributed by atoms with Crippen molar-refractivity contribution >= 4 is 17.9 Å². The first-order valence-corrected chi connectivity index (χ1v) is 8.01. The van der Waals surface area contributed by atoms with Crippen molar-refractivity contribution in [2.24, 2.45) is 0 Å². The van der Waals surface area contributed by atoms with Crippen LogP contribution in [0.25, 0.3) is 6.08 Å². The largest absolute Gasteiger partial charge is 0.359 e. The van der Waals surface area contributed by atoms with Gasteiger partial charge in [0, 0.05) is 26.1 Å². The molecule has 4 nitrogen and oxygen atoms in total. The average molecular weight is 314 g/mol. The molecule has 0 spiro atoms. The Kier molecular flexibility index (Phi) is 9.13. The number of carbonyl (C=O) groups is 2. The number of hydrogen-bond acceptors (Lipinski definition) is 2. The summed E-state index contributed by atoms with van der Waals surface area (Å²) in [5, 5.41) is 5.46. The topological polar surface area (TPSA) is 58.2 Å². The average Bonchev–Trinajstić information content (AvgIpc) is 2.56. The highest BCUT2D eigenvalue weighted by Crippen LogP contribution is 2.04. The highest BCUT2D eigenvalue weighted by Gasteiger charge is 1.99. The van der Waals surface area contributed by atoms with Gasteiger partial charge in [-0.3, -0.25) is 9.59 Å². The van der Waals surface area contributed by atoms with Crippen molar-refractivity contribution < 1.29 is 9.59 Å². The predicted octanol–water partition coefficient (Wildman–Crippen LogP) is 3.07. The number of allylic oxidation sites excluding steroid dienone is 2. The van der Waals surface area contributed by atoms with Crippen LogP contribution in [-0.4, -0.2) is 25.4 Å². The van der Waals surface area contributed by atoms with Crippen LogP contribution >= 0.6 is 0 Å². The fourth-order valence-electron chi connectivity index (χ4n) is 2.02. The molecule has 0 saturated carbocycles. The third-order valence-electron chi connectivity index (χ3n) is 3.36. The van der Waals surface area contributed by atoms with Crippen LogP contribution in [0.1, 0.15) is 38.2 Å². The van der Waals surface area contributed by atoms with Gasteiger partial charge in [0.05, 0.1) is 0 Å². The summed E-state index contributed by atoms with van der Waals surface area (Å²) >= 11 is 0. The molecule has 0 radical (unpaired) electrons. The fourth-order valence-corrected chi connectivity index (χ4v) is 2.02. The summed E-state index contributed by atoms with van der Waals surface area (Å²) in [4.78, 5) is 22.8. The Morgan fingerprint density at radius 2 is 1.83 bits per heavy atom. The van der Waals surface area contributed by atoms with Gasteiger partial charge in [-0.2, -0.15) is 0 Å². The van der Waals surface area contributed by atoms with Crippen LogP contribution in [0.4, 0.5) is 0 Å². The minimum Gasteiger partial charge on any atom is -0.359 e. The highest BCUT2D eigenvalue weighted by molar-refractivity contribution is 5.88. The normalized spacial score (nSPS) is 11.5. The van der Waals surface area contributed by atoms with Gasteiger partial charge in [-0.05, 0) is 30.9 Å². The third kappa shape index (κ3) is 9.30. The van der Waals surface area contributed by atoms with E-state index in [1.807, 2.05) is 49.4 Å². The number of rotatable bonds is 9. The van der Waals surface area contributed by atoms with Gasteiger partial charge in [0.15, 0.2) is 0 Å². The second kappa shape index (κ2) is 11.2. The van der Waals surface area contributed by atoms with Crippen LogP contribution in [0.5, 0.6) is 0 Å². The lowest BCUT2D eigenvalue weighted by Crippen LogP contribution is -2.22. The van der Waals surface area contributed by atoms with Crippen LogP contribution in [0.3, 0.4) is 0 Å². The maximum Gasteiger partial charge on any atom is 0.244 e. The van der Waals surface area contributed by atoms with E-state index in [0.29, 0.717) is 13.0 Å². The van der Waals surface area contributed by atoms with E-state index in [1.165, 1.54) is 0 Å². The molecule has 0 saturated heterocycles. The van der Waals surface area contributed by atoms with Crippen molar-refractivity contribution in [3.63, 3.8) is 0 Å². The molecule has 0 fully saturated rings. The minimum atomic E-state index is -0.0773. The molecule has 0 unspecified atom stereocenters. The molecule has 0 aliphatic heterocycles. The van der Waals surface area contributed by atoms with Crippen molar-refractivity contribution in [2.45, 2.75) is 32.6 Å². The number of benzene rings is 1. The van der Waals surface area contributed by atoms with Gasteiger partial charge in [-0.15, -0.1) is 0 Å². The summed E-state index contributed by atoms with van der Waals surface area (Å²) in [6.07, 6.45) is 8.73. The summed E-state index contributed by atoms with van der Waals surface area (Å²) < 4.78 is 0. The van der Waals surface area contributed by atoms with E-state index < -0.39 is 0 Å². The molecule has 0 bridgehead atoms. The summed E-state index contributed by atoms with van der Waals surface area (Å²) in [5.74, 6) is -0.00990. The zero-order chi connectivity index (χ0) is 16.9. The second-order valence-corrected chi connectivity index (χ2v) is 5.41. The van der Waals surface area contributed by atoms with Gasteiger partial charge in [-0.1, -0.05) is 48.9 Å². The zero-order valence-electron chi connectivity index (χ0n) is 14.0. The molecule has 0 aromatic heterocycles.